The van der Waals surface area contributed by atoms with E-state index in [-0.39, 0.29) is 18.4 Å². The molecular weight excluding hydrogens is 240 g/mol. The molecule has 0 heterocycles. The van der Waals surface area contributed by atoms with Gasteiger partial charge in [-0.05, 0) is 11.5 Å². The summed E-state index contributed by atoms with van der Waals surface area (Å²) in [6, 6.07) is 13.3. The predicted octanol–water partition coefficient (Wildman–Crippen LogP) is 2.24. The molecule has 0 saturated carbocycles. The number of nitrogens with two attached hydrogens (primary N) is 1. The van der Waals surface area contributed by atoms with Crippen LogP contribution in [0.25, 0.3) is 10.8 Å². The second-order valence-corrected chi connectivity index (χ2v) is 4.34. The smallest absolute Gasteiger partial charge is 0.322 e. The van der Waals surface area contributed by atoms with Crippen LogP contribution in [0.2, 0.25) is 0 Å². The van der Waals surface area contributed by atoms with Crippen molar-refractivity contribution in [2.75, 3.05) is 18.9 Å². The average Bonchev–Trinajstić information content (AvgIpc) is 2.38. The minimum atomic E-state index is -0.286. The first-order valence-electron chi connectivity index (χ1n) is 5.90. The Bertz CT molecular complexity index is 618. The normalized spacial score (nSPS) is 10.2. The number of amides is 2. The molecular formula is C14H16N4O. The molecule has 0 fully saturated rings. The van der Waals surface area contributed by atoms with Crippen molar-refractivity contribution in [3.05, 3.63) is 42.5 Å². The molecule has 5 heteroatoms. The van der Waals surface area contributed by atoms with Gasteiger partial charge in [0, 0.05) is 12.4 Å². The molecule has 0 unspecified atom stereocenters. The minimum Gasteiger partial charge on any atom is -0.386 e. The number of hydrogen-bond acceptors (Lipinski definition) is 2. The van der Waals surface area contributed by atoms with E-state index in [4.69, 9.17) is 11.1 Å². The zero-order valence-electron chi connectivity index (χ0n) is 10.7. The molecule has 2 amide bonds. The van der Waals surface area contributed by atoms with Gasteiger partial charge in [0.1, 0.15) is 5.84 Å². The molecule has 0 saturated heterocycles. The summed E-state index contributed by atoms with van der Waals surface area (Å²) in [5.74, 6) is -0.0458. The van der Waals surface area contributed by atoms with E-state index in [0.29, 0.717) is 0 Å². The molecule has 0 aliphatic heterocycles. The fourth-order valence-electron chi connectivity index (χ4n) is 1.87. The lowest BCUT2D eigenvalue weighted by Gasteiger charge is -2.17. The monoisotopic (exact) mass is 256 g/mol. The standard InChI is InChI=1S/C14H16N4O/c1-18(9-13(15)16)14(19)17-12-8-4-6-10-5-2-3-7-11(10)12/h2-8H,9H2,1H3,(H3,15,16)(H,17,19). The number of likely N-dealkylation sites (N-methyl/N-ethyl adjacent to an activating group) is 1. The number of rotatable bonds is 3. The van der Waals surface area contributed by atoms with E-state index in [1.165, 1.54) is 4.90 Å². The molecule has 2 rings (SSSR count). The summed E-state index contributed by atoms with van der Waals surface area (Å²) in [6.07, 6.45) is 0. The van der Waals surface area contributed by atoms with Crippen molar-refractivity contribution in [3.63, 3.8) is 0 Å². The molecule has 2 aromatic rings. The number of carbonyl (C=O) groups excluding carboxylic acids is 1. The van der Waals surface area contributed by atoms with Gasteiger partial charge in [-0.25, -0.2) is 4.79 Å². The highest BCUT2D eigenvalue weighted by atomic mass is 16.2. The van der Waals surface area contributed by atoms with Gasteiger partial charge >= 0.3 is 6.03 Å². The Labute approximate surface area is 111 Å². The van der Waals surface area contributed by atoms with E-state index >= 15 is 0 Å². The summed E-state index contributed by atoms with van der Waals surface area (Å²) in [6.45, 7) is 0.108. The third-order valence-electron chi connectivity index (χ3n) is 2.79. The number of carbonyl (C=O) groups is 1. The van der Waals surface area contributed by atoms with Crippen LogP contribution in [-0.4, -0.2) is 30.4 Å². The van der Waals surface area contributed by atoms with Gasteiger partial charge in [-0.1, -0.05) is 36.4 Å². The molecule has 5 nitrogen and oxygen atoms in total. The van der Waals surface area contributed by atoms with Crippen LogP contribution in [0.5, 0.6) is 0 Å². The van der Waals surface area contributed by atoms with Crippen molar-refractivity contribution in [1.82, 2.24) is 4.90 Å². The number of amidine groups is 1. The molecule has 2 aromatic carbocycles. The predicted molar refractivity (Wildman–Crippen MR) is 77.5 cm³/mol. The zero-order valence-corrected chi connectivity index (χ0v) is 10.7. The van der Waals surface area contributed by atoms with Crippen LogP contribution >= 0.6 is 0 Å². The maximum atomic E-state index is 12.0. The SMILES string of the molecule is CN(CC(=N)N)C(=O)Nc1cccc2ccccc12. The Morgan fingerprint density at radius 3 is 2.68 bits per heavy atom. The van der Waals surface area contributed by atoms with E-state index in [9.17, 15) is 4.79 Å². The van der Waals surface area contributed by atoms with E-state index in [0.717, 1.165) is 16.5 Å². The largest absolute Gasteiger partial charge is 0.386 e. The number of nitrogens with zero attached hydrogens (tertiary/aromatic N) is 1. The lowest BCUT2D eigenvalue weighted by Crippen LogP contribution is -2.37. The maximum absolute atomic E-state index is 12.0. The van der Waals surface area contributed by atoms with Gasteiger partial charge in [0.05, 0.1) is 12.2 Å². The van der Waals surface area contributed by atoms with E-state index in [1.807, 2.05) is 42.5 Å². The third kappa shape index (κ3) is 3.01. The molecule has 0 bridgehead atoms. The fraction of sp³-hybridized carbons (Fsp3) is 0.143. The molecule has 0 aromatic heterocycles. The van der Waals surface area contributed by atoms with Crippen molar-refractivity contribution < 1.29 is 4.79 Å². The topological polar surface area (TPSA) is 82.2 Å². The van der Waals surface area contributed by atoms with Crippen LogP contribution in [-0.2, 0) is 0 Å². The highest BCUT2D eigenvalue weighted by molar-refractivity contribution is 6.02. The fourth-order valence-corrected chi connectivity index (χ4v) is 1.87. The quantitative estimate of drug-likeness (QED) is 0.581. The summed E-state index contributed by atoms with van der Waals surface area (Å²) >= 11 is 0. The summed E-state index contributed by atoms with van der Waals surface area (Å²) in [5.41, 5.74) is 6.03. The highest BCUT2D eigenvalue weighted by Crippen LogP contribution is 2.23. The van der Waals surface area contributed by atoms with Crippen molar-refractivity contribution in [2.45, 2.75) is 0 Å². The Hall–Kier alpha value is -2.56. The molecule has 98 valence electrons. The molecule has 0 aliphatic rings. The van der Waals surface area contributed by atoms with Crippen LogP contribution in [0, 0.1) is 5.41 Å². The van der Waals surface area contributed by atoms with Gasteiger partial charge in [0.25, 0.3) is 0 Å². The number of benzene rings is 2. The summed E-state index contributed by atoms with van der Waals surface area (Å²) in [4.78, 5) is 13.3. The molecule has 19 heavy (non-hydrogen) atoms. The summed E-state index contributed by atoms with van der Waals surface area (Å²) in [7, 11) is 1.60. The Morgan fingerprint density at radius 1 is 1.26 bits per heavy atom. The van der Waals surface area contributed by atoms with Gasteiger partial charge in [-0.3, -0.25) is 5.41 Å². The van der Waals surface area contributed by atoms with Gasteiger partial charge in [-0.15, -0.1) is 0 Å². The second-order valence-electron chi connectivity index (χ2n) is 4.34. The van der Waals surface area contributed by atoms with Crippen molar-refractivity contribution in [2.24, 2.45) is 5.73 Å². The van der Waals surface area contributed by atoms with Gasteiger partial charge in [-0.2, -0.15) is 0 Å². The van der Waals surface area contributed by atoms with E-state index in [2.05, 4.69) is 5.32 Å². The zero-order chi connectivity index (χ0) is 13.8. The Balaban J connectivity index is 2.22. The van der Waals surface area contributed by atoms with Crippen LogP contribution in [0.3, 0.4) is 0 Å². The number of hydrogen-bond donors (Lipinski definition) is 3. The van der Waals surface area contributed by atoms with E-state index in [1.54, 1.807) is 7.05 Å². The Morgan fingerprint density at radius 2 is 1.95 bits per heavy atom. The Kier molecular flexibility index (Phi) is 3.66. The molecule has 0 radical (unpaired) electrons. The van der Waals surface area contributed by atoms with Gasteiger partial charge in [0.2, 0.25) is 0 Å². The second kappa shape index (κ2) is 5.39. The first kappa shape index (κ1) is 12.9. The van der Waals surface area contributed by atoms with Crippen LogP contribution in [0.4, 0.5) is 10.5 Å². The summed E-state index contributed by atoms with van der Waals surface area (Å²) < 4.78 is 0. The average molecular weight is 256 g/mol. The van der Waals surface area contributed by atoms with Crippen molar-refractivity contribution >= 4 is 28.3 Å². The lowest BCUT2D eigenvalue weighted by atomic mass is 10.1. The lowest BCUT2D eigenvalue weighted by molar-refractivity contribution is 0.227. The third-order valence-corrected chi connectivity index (χ3v) is 2.79. The van der Waals surface area contributed by atoms with Gasteiger partial charge < -0.3 is 16.0 Å². The van der Waals surface area contributed by atoms with E-state index < -0.39 is 0 Å². The van der Waals surface area contributed by atoms with Crippen molar-refractivity contribution in [3.8, 4) is 0 Å². The molecule has 0 atom stereocenters. The summed E-state index contributed by atoms with van der Waals surface area (Å²) in [5, 5.41) is 12.1. The van der Waals surface area contributed by atoms with Crippen LogP contribution < -0.4 is 11.1 Å². The number of anilines is 1. The number of fused-ring (bicyclic) bond motifs is 1. The molecule has 0 spiro atoms. The van der Waals surface area contributed by atoms with Crippen LogP contribution in [0.1, 0.15) is 0 Å². The first-order chi connectivity index (χ1) is 9.08. The number of nitrogens with one attached hydrogen (secondary N) is 2. The van der Waals surface area contributed by atoms with Gasteiger partial charge in [0.15, 0.2) is 0 Å². The van der Waals surface area contributed by atoms with Crippen LogP contribution in [0.15, 0.2) is 42.5 Å². The molecule has 4 N–H and O–H groups in total. The maximum Gasteiger partial charge on any atom is 0.322 e. The number of urea groups is 1. The highest BCUT2D eigenvalue weighted by Gasteiger charge is 2.10. The first-order valence-corrected chi connectivity index (χ1v) is 5.90. The minimum absolute atomic E-state index is 0.0458. The molecule has 0 aliphatic carbocycles. The van der Waals surface area contributed by atoms with Crippen molar-refractivity contribution in [1.29, 1.82) is 5.41 Å².